The normalized spacial score (nSPS) is 10.8. The first-order chi connectivity index (χ1) is 10.9. The highest BCUT2D eigenvalue weighted by Crippen LogP contribution is 2.18. The number of nitrogens with one attached hydrogen (secondary N) is 1. The van der Waals surface area contributed by atoms with Gasteiger partial charge in [-0.1, -0.05) is 12.1 Å². The number of benzene rings is 1. The maximum atomic E-state index is 12.0. The largest absolute Gasteiger partial charge is 0.350 e. The Kier molecular flexibility index (Phi) is 5.36. The Bertz CT molecular complexity index is 824. The maximum absolute atomic E-state index is 12.0. The lowest BCUT2D eigenvalue weighted by atomic mass is 10.2. The first-order valence-electron chi connectivity index (χ1n) is 6.71. The Labute approximate surface area is 139 Å². The average Bonchev–Trinajstić information content (AvgIpc) is 3.04. The summed E-state index contributed by atoms with van der Waals surface area (Å²) < 4.78 is 25.1. The van der Waals surface area contributed by atoms with Gasteiger partial charge in [-0.25, -0.2) is 8.42 Å². The molecule has 8 heteroatoms. The summed E-state index contributed by atoms with van der Waals surface area (Å²) in [5, 5.41) is 13.4. The van der Waals surface area contributed by atoms with Gasteiger partial charge in [0.1, 0.15) is 0 Å². The quantitative estimate of drug-likeness (QED) is 0.861. The molecule has 6 nitrogen and oxygen atoms in total. The number of anilines is 1. The van der Waals surface area contributed by atoms with E-state index in [9.17, 15) is 13.2 Å². The van der Waals surface area contributed by atoms with Crippen LogP contribution in [0.4, 0.5) is 5.69 Å². The lowest BCUT2D eigenvalue weighted by Gasteiger charge is -2.22. The lowest BCUT2D eigenvalue weighted by molar-refractivity contribution is 0.0959. The Balaban J connectivity index is 2.08. The van der Waals surface area contributed by atoms with Crippen molar-refractivity contribution >= 4 is 33.0 Å². The van der Waals surface area contributed by atoms with Gasteiger partial charge in [0.2, 0.25) is 10.0 Å². The van der Waals surface area contributed by atoms with Gasteiger partial charge < -0.3 is 5.32 Å². The summed E-state index contributed by atoms with van der Waals surface area (Å²) in [7, 11) is -3.52. The van der Waals surface area contributed by atoms with E-state index in [1.54, 1.807) is 35.7 Å². The molecule has 0 aliphatic carbocycles. The molecule has 0 unspecified atom stereocenters. The SMILES string of the molecule is CS(=O)(=O)N(CCNC(=O)c1cccs1)c1cccc(C#N)c1. The number of nitrogens with zero attached hydrogens (tertiary/aromatic N) is 2. The van der Waals surface area contributed by atoms with Crippen molar-refractivity contribution in [2.75, 3.05) is 23.7 Å². The minimum atomic E-state index is -3.52. The van der Waals surface area contributed by atoms with Gasteiger partial charge in [0.15, 0.2) is 0 Å². The van der Waals surface area contributed by atoms with Crippen LogP contribution in [0.15, 0.2) is 41.8 Å². The number of nitriles is 1. The Hall–Kier alpha value is -2.37. The van der Waals surface area contributed by atoms with Crippen molar-refractivity contribution in [3.8, 4) is 6.07 Å². The molecule has 0 radical (unpaired) electrons. The van der Waals surface area contributed by atoms with Crippen LogP contribution in [0.3, 0.4) is 0 Å². The van der Waals surface area contributed by atoms with Gasteiger partial charge in [0, 0.05) is 6.54 Å². The van der Waals surface area contributed by atoms with Gasteiger partial charge in [-0.3, -0.25) is 9.10 Å². The summed E-state index contributed by atoms with van der Waals surface area (Å²) >= 11 is 1.32. The highest BCUT2D eigenvalue weighted by atomic mass is 32.2. The lowest BCUT2D eigenvalue weighted by Crippen LogP contribution is -2.38. The molecule has 2 rings (SSSR count). The van der Waals surface area contributed by atoms with Gasteiger partial charge in [-0.15, -0.1) is 11.3 Å². The van der Waals surface area contributed by atoms with E-state index in [-0.39, 0.29) is 19.0 Å². The Morgan fingerprint density at radius 1 is 1.35 bits per heavy atom. The molecule has 1 amide bonds. The molecule has 120 valence electrons. The number of carbonyl (C=O) groups excluding carboxylic acids is 1. The predicted molar refractivity (Wildman–Crippen MR) is 90.0 cm³/mol. The second-order valence-corrected chi connectivity index (χ2v) is 7.58. The molecule has 2 aromatic rings. The van der Waals surface area contributed by atoms with E-state index in [4.69, 9.17) is 5.26 Å². The number of amides is 1. The van der Waals surface area contributed by atoms with Gasteiger partial charge in [-0.2, -0.15) is 5.26 Å². The Morgan fingerprint density at radius 3 is 2.74 bits per heavy atom. The molecule has 0 saturated heterocycles. The van der Waals surface area contributed by atoms with Crippen molar-refractivity contribution in [1.29, 1.82) is 5.26 Å². The van der Waals surface area contributed by atoms with Crippen molar-refractivity contribution in [1.82, 2.24) is 5.32 Å². The van der Waals surface area contributed by atoms with E-state index in [2.05, 4.69) is 5.32 Å². The highest BCUT2D eigenvalue weighted by molar-refractivity contribution is 7.92. The molecule has 23 heavy (non-hydrogen) atoms. The molecule has 0 fully saturated rings. The molecule has 0 spiro atoms. The number of sulfonamides is 1. The molecule has 0 aliphatic rings. The maximum Gasteiger partial charge on any atom is 0.261 e. The van der Waals surface area contributed by atoms with Crippen molar-refractivity contribution in [3.05, 3.63) is 52.2 Å². The fraction of sp³-hybridized carbons (Fsp3) is 0.200. The number of thiophene rings is 1. The zero-order chi connectivity index (χ0) is 16.9. The fourth-order valence-electron chi connectivity index (χ4n) is 1.98. The van der Waals surface area contributed by atoms with E-state index < -0.39 is 10.0 Å². The smallest absolute Gasteiger partial charge is 0.261 e. The summed E-state index contributed by atoms with van der Waals surface area (Å²) in [4.78, 5) is 12.4. The van der Waals surface area contributed by atoms with Crippen LogP contribution in [-0.4, -0.2) is 33.7 Å². The summed E-state index contributed by atoms with van der Waals surface area (Å²) in [6.07, 6.45) is 1.09. The second-order valence-electron chi connectivity index (χ2n) is 4.73. The zero-order valence-corrected chi connectivity index (χ0v) is 14.0. The highest BCUT2D eigenvalue weighted by Gasteiger charge is 2.18. The molecular formula is C15H15N3O3S2. The molecule has 1 N–H and O–H groups in total. The fourth-order valence-corrected chi connectivity index (χ4v) is 3.54. The van der Waals surface area contributed by atoms with E-state index in [1.165, 1.54) is 21.7 Å². The monoisotopic (exact) mass is 349 g/mol. The van der Waals surface area contributed by atoms with Crippen LogP contribution in [0.1, 0.15) is 15.2 Å². The van der Waals surface area contributed by atoms with Crippen LogP contribution in [0.2, 0.25) is 0 Å². The van der Waals surface area contributed by atoms with Crippen LogP contribution < -0.4 is 9.62 Å². The molecule has 1 aromatic heterocycles. The molecule has 0 aliphatic heterocycles. The van der Waals surface area contributed by atoms with Gasteiger partial charge in [0.05, 0.1) is 35.0 Å². The third-order valence-electron chi connectivity index (χ3n) is 3.01. The predicted octanol–water partition coefficient (Wildman–Crippen LogP) is 1.82. The first-order valence-corrected chi connectivity index (χ1v) is 9.44. The first kappa shape index (κ1) is 17.0. The number of hydrogen-bond acceptors (Lipinski definition) is 5. The van der Waals surface area contributed by atoms with E-state index in [0.717, 1.165) is 6.26 Å². The van der Waals surface area contributed by atoms with E-state index >= 15 is 0 Å². The standard InChI is InChI=1S/C15H15N3O3S2/c1-23(20,21)18(13-5-2-4-12(10-13)11-16)8-7-17-15(19)14-6-3-9-22-14/h2-6,9-10H,7-8H2,1H3,(H,17,19). The average molecular weight is 349 g/mol. The number of hydrogen-bond donors (Lipinski definition) is 1. The van der Waals surface area contributed by atoms with E-state index in [0.29, 0.717) is 16.1 Å². The minimum Gasteiger partial charge on any atom is -0.350 e. The third kappa shape index (κ3) is 4.55. The summed E-state index contributed by atoms with van der Waals surface area (Å²) in [5.41, 5.74) is 0.774. The summed E-state index contributed by atoms with van der Waals surface area (Å²) in [6.45, 7) is 0.255. The summed E-state index contributed by atoms with van der Waals surface area (Å²) in [5.74, 6) is -0.237. The van der Waals surface area contributed by atoms with Crippen molar-refractivity contribution < 1.29 is 13.2 Å². The van der Waals surface area contributed by atoms with E-state index in [1.807, 2.05) is 6.07 Å². The summed E-state index contributed by atoms with van der Waals surface area (Å²) in [6, 6.07) is 11.8. The van der Waals surface area contributed by atoms with Crippen LogP contribution in [0.5, 0.6) is 0 Å². The molecule has 0 saturated carbocycles. The van der Waals surface area contributed by atoms with Gasteiger partial charge in [-0.05, 0) is 29.6 Å². The molecule has 0 atom stereocenters. The molecule has 1 aromatic carbocycles. The van der Waals surface area contributed by atoms with Crippen LogP contribution in [-0.2, 0) is 10.0 Å². The van der Waals surface area contributed by atoms with Crippen molar-refractivity contribution in [2.45, 2.75) is 0 Å². The number of carbonyl (C=O) groups is 1. The van der Waals surface area contributed by atoms with Crippen molar-refractivity contribution in [2.24, 2.45) is 0 Å². The molecular weight excluding hydrogens is 334 g/mol. The van der Waals surface area contributed by atoms with Crippen LogP contribution >= 0.6 is 11.3 Å². The molecule has 0 bridgehead atoms. The zero-order valence-electron chi connectivity index (χ0n) is 12.4. The molecule has 1 heterocycles. The number of rotatable bonds is 6. The van der Waals surface area contributed by atoms with Crippen LogP contribution in [0, 0.1) is 11.3 Å². The minimum absolute atomic E-state index is 0.0881. The van der Waals surface area contributed by atoms with Crippen LogP contribution in [0.25, 0.3) is 0 Å². The second kappa shape index (κ2) is 7.26. The van der Waals surface area contributed by atoms with Gasteiger partial charge >= 0.3 is 0 Å². The van der Waals surface area contributed by atoms with Gasteiger partial charge in [0.25, 0.3) is 5.91 Å². The topological polar surface area (TPSA) is 90.3 Å². The Morgan fingerprint density at radius 2 is 2.13 bits per heavy atom. The third-order valence-corrected chi connectivity index (χ3v) is 5.07. The van der Waals surface area contributed by atoms with Crippen molar-refractivity contribution in [3.63, 3.8) is 0 Å².